The third kappa shape index (κ3) is 5.84. The summed E-state index contributed by atoms with van der Waals surface area (Å²) in [6.07, 6.45) is 7.68. The largest absolute Gasteiger partial charge is 0.497 e. The second-order valence-corrected chi connectivity index (χ2v) is 5.37. The van der Waals surface area contributed by atoms with E-state index in [1.54, 1.807) is 13.2 Å². The van der Waals surface area contributed by atoms with Crippen molar-refractivity contribution in [1.29, 1.82) is 0 Å². The summed E-state index contributed by atoms with van der Waals surface area (Å²) < 4.78 is 5.10. The maximum absolute atomic E-state index is 10.1. The molecule has 0 fully saturated rings. The van der Waals surface area contributed by atoms with Gasteiger partial charge in [-0.1, -0.05) is 63.1 Å². The molecule has 1 atom stereocenters. The van der Waals surface area contributed by atoms with Gasteiger partial charge in [0.2, 0.25) is 0 Å². The maximum atomic E-state index is 10.1. The fourth-order valence-electron chi connectivity index (χ4n) is 2.18. The first-order chi connectivity index (χ1) is 9.19. The third-order valence-electron chi connectivity index (χ3n) is 3.40. The van der Waals surface area contributed by atoms with E-state index in [2.05, 4.69) is 6.92 Å². The molecule has 0 aliphatic heterocycles. The Morgan fingerprint density at radius 1 is 1.16 bits per heavy atom. The number of benzene rings is 1. The predicted octanol–water partition coefficient (Wildman–Crippen LogP) is 5.13. The number of ether oxygens (including phenoxy) is 1. The number of halogens is 1. The van der Waals surface area contributed by atoms with E-state index in [0.717, 1.165) is 24.2 Å². The molecule has 19 heavy (non-hydrogen) atoms. The van der Waals surface area contributed by atoms with Crippen molar-refractivity contribution < 1.29 is 9.84 Å². The van der Waals surface area contributed by atoms with Gasteiger partial charge >= 0.3 is 0 Å². The van der Waals surface area contributed by atoms with Gasteiger partial charge in [-0.05, 0) is 24.1 Å². The highest BCUT2D eigenvalue weighted by molar-refractivity contribution is 6.31. The molecule has 0 aliphatic carbocycles. The van der Waals surface area contributed by atoms with E-state index >= 15 is 0 Å². The van der Waals surface area contributed by atoms with Gasteiger partial charge in [0.25, 0.3) is 0 Å². The van der Waals surface area contributed by atoms with Crippen LogP contribution in [0.1, 0.15) is 63.5 Å². The lowest BCUT2D eigenvalue weighted by atomic mass is 10.0. The molecule has 2 nitrogen and oxygen atoms in total. The minimum Gasteiger partial charge on any atom is -0.497 e. The zero-order valence-electron chi connectivity index (χ0n) is 12.0. The van der Waals surface area contributed by atoms with Crippen LogP contribution in [0.5, 0.6) is 5.75 Å². The molecule has 3 heteroatoms. The van der Waals surface area contributed by atoms with Crippen molar-refractivity contribution in [3.8, 4) is 5.75 Å². The molecule has 1 unspecified atom stereocenters. The Labute approximate surface area is 121 Å². The molecule has 0 aliphatic rings. The molecular weight excluding hydrogens is 260 g/mol. The second kappa shape index (κ2) is 9.22. The molecular formula is C16H25ClO2. The minimum atomic E-state index is -0.468. The second-order valence-electron chi connectivity index (χ2n) is 4.96. The zero-order chi connectivity index (χ0) is 14.1. The maximum Gasteiger partial charge on any atom is 0.120 e. The number of hydrogen-bond acceptors (Lipinski definition) is 2. The Morgan fingerprint density at radius 2 is 1.84 bits per heavy atom. The third-order valence-corrected chi connectivity index (χ3v) is 3.73. The van der Waals surface area contributed by atoms with Gasteiger partial charge < -0.3 is 9.84 Å². The van der Waals surface area contributed by atoms with E-state index in [9.17, 15) is 5.11 Å². The number of aliphatic hydroxyl groups excluding tert-OH is 1. The summed E-state index contributed by atoms with van der Waals surface area (Å²) in [4.78, 5) is 0. The van der Waals surface area contributed by atoms with Crippen molar-refractivity contribution in [1.82, 2.24) is 0 Å². The van der Waals surface area contributed by atoms with Gasteiger partial charge in [0.15, 0.2) is 0 Å². The van der Waals surface area contributed by atoms with E-state index in [1.165, 1.54) is 32.1 Å². The van der Waals surface area contributed by atoms with E-state index in [-0.39, 0.29) is 0 Å². The van der Waals surface area contributed by atoms with Gasteiger partial charge in [-0.15, -0.1) is 0 Å². The van der Waals surface area contributed by atoms with Crippen molar-refractivity contribution in [3.05, 3.63) is 28.8 Å². The topological polar surface area (TPSA) is 29.5 Å². The van der Waals surface area contributed by atoms with Gasteiger partial charge in [0, 0.05) is 0 Å². The standard InChI is InChI=1S/C16H25ClO2/c1-3-4-5-6-7-8-9-16(18)14-11-10-13(19-2)12-15(14)17/h10-12,16,18H,3-9H2,1-2H3. The molecule has 1 rings (SSSR count). The first-order valence-electron chi connectivity index (χ1n) is 7.20. The van der Waals surface area contributed by atoms with Gasteiger partial charge in [-0.25, -0.2) is 0 Å². The van der Waals surface area contributed by atoms with Gasteiger partial charge in [-0.2, -0.15) is 0 Å². The SMILES string of the molecule is CCCCCCCCC(O)c1ccc(OC)cc1Cl. The van der Waals surface area contributed by atoms with Crippen molar-refractivity contribution in [3.63, 3.8) is 0 Å². The first-order valence-corrected chi connectivity index (χ1v) is 7.58. The lowest BCUT2D eigenvalue weighted by Gasteiger charge is -2.13. The van der Waals surface area contributed by atoms with Gasteiger partial charge in [0.05, 0.1) is 18.2 Å². The number of aliphatic hydroxyl groups is 1. The average Bonchev–Trinajstić information content (AvgIpc) is 2.42. The molecule has 0 amide bonds. The van der Waals surface area contributed by atoms with Crippen molar-refractivity contribution >= 4 is 11.6 Å². The van der Waals surface area contributed by atoms with Crippen molar-refractivity contribution in [2.45, 2.75) is 58.0 Å². The summed E-state index contributed by atoms with van der Waals surface area (Å²) in [5, 5.41) is 10.7. The van der Waals surface area contributed by atoms with Crippen LogP contribution in [0.2, 0.25) is 5.02 Å². The summed E-state index contributed by atoms with van der Waals surface area (Å²) in [6.45, 7) is 2.22. The highest BCUT2D eigenvalue weighted by atomic mass is 35.5. The molecule has 1 aromatic carbocycles. The lowest BCUT2D eigenvalue weighted by Crippen LogP contribution is -1.99. The van der Waals surface area contributed by atoms with Crippen LogP contribution in [0.25, 0.3) is 0 Å². The van der Waals surface area contributed by atoms with E-state index in [1.807, 2.05) is 12.1 Å². The summed E-state index contributed by atoms with van der Waals surface area (Å²) in [6, 6.07) is 5.44. The molecule has 0 spiro atoms. The van der Waals surface area contributed by atoms with Crippen LogP contribution in [0.3, 0.4) is 0 Å². The normalized spacial score (nSPS) is 12.4. The fourth-order valence-corrected chi connectivity index (χ4v) is 2.48. The van der Waals surface area contributed by atoms with Crippen LogP contribution in [0, 0.1) is 0 Å². The summed E-state index contributed by atoms with van der Waals surface area (Å²) in [5.74, 6) is 0.723. The molecule has 0 saturated heterocycles. The highest BCUT2D eigenvalue weighted by Gasteiger charge is 2.11. The van der Waals surface area contributed by atoms with Crippen LogP contribution < -0.4 is 4.74 Å². The van der Waals surface area contributed by atoms with Crippen LogP contribution in [0.4, 0.5) is 0 Å². The molecule has 1 aromatic rings. The Hall–Kier alpha value is -0.730. The van der Waals surface area contributed by atoms with E-state index < -0.39 is 6.10 Å². The summed E-state index contributed by atoms with van der Waals surface area (Å²) in [5.41, 5.74) is 0.802. The Morgan fingerprint density at radius 3 is 2.47 bits per heavy atom. The van der Waals surface area contributed by atoms with Crippen LogP contribution in [0.15, 0.2) is 18.2 Å². The Bertz CT molecular complexity index is 366. The van der Waals surface area contributed by atoms with Crippen molar-refractivity contribution in [2.24, 2.45) is 0 Å². The molecule has 0 radical (unpaired) electrons. The number of unbranched alkanes of at least 4 members (excludes halogenated alkanes) is 5. The number of methoxy groups -OCH3 is 1. The van der Waals surface area contributed by atoms with Crippen LogP contribution in [-0.4, -0.2) is 12.2 Å². The summed E-state index contributed by atoms with van der Waals surface area (Å²) >= 11 is 6.14. The molecule has 0 saturated carbocycles. The lowest BCUT2D eigenvalue weighted by molar-refractivity contribution is 0.163. The highest BCUT2D eigenvalue weighted by Crippen LogP contribution is 2.30. The van der Waals surface area contributed by atoms with E-state index in [0.29, 0.717) is 5.02 Å². The molecule has 0 heterocycles. The Balaban J connectivity index is 2.34. The smallest absolute Gasteiger partial charge is 0.120 e. The van der Waals surface area contributed by atoms with E-state index in [4.69, 9.17) is 16.3 Å². The number of rotatable bonds is 9. The average molecular weight is 285 g/mol. The van der Waals surface area contributed by atoms with Gasteiger partial charge in [-0.3, -0.25) is 0 Å². The quantitative estimate of drug-likeness (QED) is 0.637. The summed E-state index contributed by atoms with van der Waals surface area (Å²) in [7, 11) is 1.61. The minimum absolute atomic E-state index is 0.468. The number of hydrogen-bond donors (Lipinski definition) is 1. The van der Waals surface area contributed by atoms with Crippen LogP contribution >= 0.6 is 11.6 Å². The Kier molecular flexibility index (Phi) is 7.92. The van der Waals surface area contributed by atoms with Gasteiger partial charge in [0.1, 0.15) is 5.75 Å². The molecule has 0 aromatic heterocycles. The predicted molar refractivity (Wildman–Crippen MR) is 81.0 cm³/mol. The fraction of sp³-hybridized carbons (Fsp3) is 0.625. The van der Waals surface area contributed by atoms with Crippen molar-refractivity contribution in [2.75, 3.05) is 7.11 Å². The van der Waals surface area contributed by atoms with Crippen LogP contribution in [-0.2, 0) is 0 Å². The monoisotopic (exact) mass is 284 g/mol. The first kappa shape index (κ1) is 16.3. The molecule has 0 bridgehead atoms. The zero-order valence-corrected chi connectivity index (χ0v) is 12.7. The molecule has 108 valence electrons. The molecule has 1 N–H and O–H groups in total.